The number of anilines is 1. The van der Waals surface area contributed by atoms with Crippen LogP contribution in [-0.4, -0.2) is 19.9 Å². The van der Waals surface area contributed by atoms with Gasteiger partial charge in [-0.15, -0.1) is 0 Å². The number of hydrogen-bond acceptors (Lipinski definition) is 5. The summed E-state index contributed by atoms with van der Waals surface area (Å²) in [5.41, 5.74) is 8.14. The standard InChI is InChI=1S/C11H8BrN5S/c12-6-1-2-7(13)8(3-6)18-11-9-10(15-4-14-9)16-5-17-11/h1-5H,13H2,(H,14,15,16,17). The molecular weight excluding hydrogens is 314 g/mol. The van der Waals surface area contributed by atoms with Crippen LogP contribution in [0.15, 0.2) is 45.2 Å². The van der Waals surface area contributed by atoms with Crippen LogP contribution >= 0.6 is 27.7 Å². The monoisotopic (exact) mass is 321 g/mol. The molecule has 7 heteroatoms. The van der Waals surface area contributed by atoms with Crippen LogP contribution in [0.25, 0.3) is 11.2 Å². The molecule has 0 amide bonds. The Balaban J connectivity index is 2.06. The van der Waals surface area contributed by atoms with Gasteiger partial charge in [0, 0.05) is 15.1 Å². The lowest BCUT2D eigenvalue weighted by molar-refractivity contribution is 1.08. The third-order valence-electron chi connectivity index (χ3n) is 2.37. The number of aromatic amines is 1. The van der Waals surface area contributed by atoms with Gasteiger partial charge in [0.1, 0.15) is 16.9 Å². The smallest absolute Gasteiger partial charge is 0.181 e. The third kappa shape index (κ3) is 2.06. The van der Waals surface area contributed by atoms with Crippen molar-refractivity contribution in [3.05, 3.63) is 35.3 Å². The van der Waals surface area contributed by atoms with E-state index < -0.39 is 0 Å². The number of nitrogen functional groups attached to an aromatic ring is 1. The molecule has 0 spiro atoms. The highest BCUT2D eigenvalue weighted by Gasteiger charge is 2.09. The summed E-state index contributed by atoms with van der Waals surface area (Å²) in [4.78, 5) is 16.4. The van der Waals surface area contributed by atoms with Gasteiger partial charge in [-0.05, 0) is 18.2 Å². The zero-order valence-electron chi connectivity index (χ0n) is 9.09. The zero-order valence-corrected chi connectivity index (χ0v) is 11.5. The van der Waals surface area contributed by atoms with Crippen LogP contribution in [0.3, 0.4) is 0 Å². The van der Waals surface area contributed by atoms with Gasteiger partial charge in [-0.25, -0.2) is 15.0 Å². The average molecular weight is 322 g/mol. The molecule has 2 heterocycles. The zero-order chi connectivity index (χ0) is 12.5. The topological polar surface area (TPSA) is 80.5 Å². The number of nitrogens with one attached hydrogen (secondary N) is 1. The maximum atomic E-state index is 5.95. The number of imidazole rings is 1. The lowest BCUT2D eigenvalue weighted by Crippen LogP contribution is -1.90. The van der Waals surface area contributed by atoms with Crippen molar-refractivity contribution in [3.8, 4) is 0 Å². The lowest BCUT2D eigenvalue weighted by atomic mass is 10.3. The summed E-state index contributed by atoms with van der Waals surface area (Å²) in [6, 6.07) is 5.73. The SMILES string of the molecule is Nc1ccc(Br)cc1Sc1ncnc2nc[nH]c12. The Morgan fingerprint density at radius 2 is 2.11 bits per heavy atom. The number of H-pyrrole nitrogens is 1. The van der Waals surface area contributed by atoms with Crippen LogP contribution in [0.2, 0.25) is 0 Å². The second-order valence-electron chi connectivity index (χ2n) is 3.56. The summed E-state index contributed by atoms with van der Waals surface area (Å²) in [6.07, 6.45) is 3.10. The highest BCUT2D eigenvalue weighted by molar-refractivity contribution is 9.10. The minimum atomic E-state index is 0.654. The van der Waals surface area contributed by atoms with Crippen molar-refractivity contribution in [2.45, 2.75) is 9.92 Å². The van der Waals surface area contributed by atoms with Gasteiger partial charge in [0.15, 0.2) is 5.65 Å². The van der Waals surface area contributed by atoms with E-state index >= 15 is 0 Å². The molecule has 0 unspecified atom stereocenters. The van der Waals surface area contributed by atoms with Crippen LogP contribution in [0.4, 0.5) is 5.69 Å². The summed E-state index contributed by atoms with van der Waals surface area (Å²) in [5.74, 6) is 0. The van der Waals surface area contributed by atoms with Gasteiger partial charge in [0.05, 0.1) is 6.33 Å². The summed E-state index contributed by atoms with van der Waals surface area (Å²) < 4.78 is 0.981. The maximum absolute atomic E-state index is 5.95. The van der Waals surface area contributed by atoms with Crippen molar-refractivity contribution in [2.24, 2.45) is 0 Å². The molecule has 3 N–H and O–H groups in total. The van der Waals surface area contributed by atoms with Crippen LogP contribution in [0, 0.1) is 0 Å². The van der Waals surface area contributed by atoms with Crippen molar-refractivity contribution >= 4 is 44.5 Å². The Kier molecular flexibility index (Phi) is 2.92. The van der Waals surface area contributed by atoms with E-state index in [1.807, 2.05) is 18.2 Å². The molecule has 0 saturated heterocycles. The maximum Gasteiger partial charge on any atom is 0.181 e. The molecule has 0 atom stereocenters. The molecule has 5 nitrogen and oxygen atoms in total. The van der Waals surface area contributed by atoms with Gasteiger partial charge in [-0.2, -0.15) is 0 Å². The fourth-order valence-electron chi connectivity index (χ4n) is 1.52. The lowest BCUT2D eigenvalue weighted by Gasteiger charge is -2.05. The fraction of sp³-hybridized carbons (Fsp3) is 0. The van der Waals surface area contributed by atoms with Gasteiger partial charge in [0.2, 0.25) is 0 Å². The molecule has 0 aliphatic carbocycles. The first-order valence-corrected chi connectivity index (χ1v) is 6.72. The minimum absolute atomic E-state index is 0.654. The summed E-state index contributed by atoms with van der Waals surface area (Å²) >= 11 is 4.92. The number of nitrogens with two attached hydrogens (primary N) is 1. The average Bonchev–Trinajstić information content (AvgIpc) is 2.83. The molecule has 0 bridgehead atoms. The van der Waals surface area contributed by atoms with E-state index in [1.165, 1.54) is 18.1 Å². The Bertz CT molecular complexity index is 711. The van der Waals surface area contributed by atoms with Crippen molar-refractivity contribution in [2.75, 3.05) is 5.73 Å². The van der Waals surface area contributed by atoms with Gasteiger partial charge in [0.25, 0.3) is 0 Å². The van der Waals surface area contributed by atoms with E-state index in [-0.39, 0.29) is 0 Å². The summed E-state index contributed by atoms with van der Waals surface area (Å²) in [5, 5.41) is 0.808. The molecule has 0 radical (unpaired) electrons. The van der Waals surface area contributed by atoms with Gasteiger partial charge in [-0.1, -0.05) is 27.7 Å². The molecule has 3 aromatic rings. The highest BCUT2D eigenvalue weighted by Crippen LogP contribution is 2.34. The van der Waals surface area contributed by atoms with E-state index in [4.69, 9.17) is 5.73 Å². The quantitative estimate of drug-likeness (QED) is 0.560. The van der Waals surface area contributed by atoms with Crippen LogP contribution in [0.5, 0.6) is 0 Å². The Morgan fingerprint density at radius 1 is 1.22 bits per heavy atom. The van der Waals surface area contributed by atoms with Crippen molar-refractivity contribution < 1.29 is 0 Å². The van der Waals surface area contributed by atoms with Crippen molar-refractivity contribution in [1.29, 1.82) is 0 Å². The van der Waals surface area contributed by atoms with Crippen LogP contribution in [-0.2, 0) is 0 Å². The Labute approximate surface area is 115 Å². The number of benzene rings is 1. The largest absolute Gasteiger partial charge is 0.398 e. The number of nitrogens with zero attached hydrogens (tertiary/aromatic N) is 3. The summed E-state index contributed by atoms with van der Waals surface area (Å²) in [6.45, 7) is 0. The molecule has 2 aromatic heterocycles. The predicted molar refractivity (Wildman–Crippen MR) is 74.4 cm³/mol. The van der Waals surface area contributed by atoms with Gasteiger partial charge < -0.3 is 10.7 Å². The third-order valence-corrected chi connectivity index (χ3v) is 3.94. The normalized spacial score (nSPS) is 10.9. The first kappa shape index (κ1) is 11.5. The van der Waals surface area contributed by atoms with Gasteiger partial charge >= 0.3 is 0 Å². The Hall–Kier alpha value is -1.60. The molecule has 18 heavy (non-hydrogen) atoms. The van der Waals surface area contributed by atoms with E-state index in [0.717, 1.165) is 25.6 Å². The van der Waals surface area contributed by atoms with E-state index in [9.17, 15) is 0 Å². The molecule has 0 aliphatic heterocycles. The number of fused-ring (bicyclic) bond motifs is 1. The van der Waals surface area contributed by atoms with E-state index in [0.29, 0.717) is 5.65 Å². The minimum Gasteiger partial charge on any atom is -0.398 e. The molecule has 0 saturated carbocycles. The van der Waals surface area contributed by atoms with Gasteiger partial charge in [-0.3, -0.25) is 0 Å². The van der Waals surface area contributed by atoms with E-state index in [1.54, 1.807) is 6.33 Å². The Morgan fingerprint density at radius 3 is 3.00 bits per heavy atom. The molecule has 1 aromatic carbocycles. The molecule has 0 aliphatic rings. The first-order chi connectivity index (χ1) is 8.74. The number of halogens is 1. The second-order valence-corrected chi connectivity index (χ2v) is 5.51. The van der Waals surface area contributed by atoms with Crippen molar-refractivity contribution in [3.63, 3.8) is 0 Å². The number of rotatable bonds is 2. The highest BCUT2D eigenvalue weighted by atomic mass is 79.9. The fourth-order valence-corrected chi connectivity index (χ4v) is 2.97. The molecular formula is C11H8BrN5S. The first-order valence-electron chi connectivity index (χ1n) is 5.11. The number of aromatic nitrogens is 4. The molecule has 0 fully saturated rings. The second kappa shape index (κ2) is 4.58. The summed E-state index contributed by atoms with van der Waals surface area (Å²) in [7, 11) is 0. The predicted octanol–water partition coefficient (Wildman–Crippen LogP) is 2.85. The van der Waals surface area contributed by atoms with Crippen LogP contribution < -0.4 is 5.73 Å². The number of hydrogen-bond donors (Lipinski definition) is 2. The van der Waals surface area contributed by atoms with Crippen molar-refractivity contribution in [1.82, 2.24) is 19.9 Å². The van der Waals surface area contributed by atoms with Crippen LogP contribution in [0.1, 0.15) is 0 Å². The molecule has 90 valence electrons. The molecule has 3 rings (SSSR count). The van der Waals surface area contributed by atoms with E-state index in [2.05, 4.69) is 35.9 Å².